The lowest BCUT2D eigenvalue weighted by molar-refractivity contribution is -0.123. The molecule has 7 nitrogen and oxygen atoms in total. The van der Waals surface area contributed by atoms with E-state index in [1.165, 1.54) is 49.6 Å². The number of carbonyl (C=O) groups is 4. The lowest BCUT2D eigenvalue weighted by Crippen LogP contribution is -2.30. The number of amides is 1. The van der Waals surface area contributed by atoms with Crippen molar-refractivity contribution in [3.8, 4) is 0 Å². The van der Waals surface area contributed by atoms with Crippen molar-refractivity contribution in [1.29, 1.82) is 0 Å². The van der Waals surface area contributed by atoms with Gasteiger partial charge in [0.2, 0.25) is 0 Å². The molecule has 0 spiro atoms. The number of ether oxygens (including phenoxy) is 1. The number of hydrogen-bond donors (Lipinski definition) is 1. The second-order valence-corrected chi connectivity index (χ2v) is 6.74. The topological polar surface area (TPSA) is 102 Å². The smallest absolute Gasteiger partial charge is 0.339 e. The Morgan fingerprint density at radius 3 is 2.13 bits per heavy atom. The summed E-state index contributed by atoms with van der Waals surface area (Å²) in [5.41, 5.74) is 1.81. The van der Waals surface area contributed by atoms with Crippen molar-refractivity contribution in [1.82, 2.24) is 4.98 Å². The molecule has 1 amide bonds. The van der Waals surface area contributed by atoms with Crippen LogP contribution in [0.15, 0.2) is 67.0 Å². The molecule has 2 aromatic carbocycles. The van der Waals surface area contributed by atoms with Gasteiger partial charge in [0.15, 0.2) is 17.7 Å². The molecule has 1 atom stereocenters. The van der Waals surface area contributed by atoms with Crippen LogP contribution in [0.5, 0.6) is 0 Å². The Balaban J connectivity index is 1.51. The van der Waals surface area contributed by atoms with Gasteiger partial charge in [-0.1, -0.05) is 24.3 Å². The van der Waals surface area contributed by atoms with Crippen LogP contribution in [0, 0.1) is 0 Å². The standard InChI is InChI=1S/C23H16N2O5/c1-13(30-23(29)14-8-10-24-11-9-14)22(28)25-15-6-7-18-19(12-15)21(27)17-5-3-2-4-16(17)20(18)26/h2-13H,1H3,(H,25,28)/t13-/m0/s1. The van der Waals surface area contributed by atoms with Gasteiger partial charge in [-0.05, 0) is 37.3 Å². The molecule has 0 saturated carbocycles. The molecule has 0 fully saturated rings. The van der Waals surface area contributed by atoms with Crippen molar-refractivity contribution in [2.45, 2.75) is 13.0 Å². The molecule has 30 heavy (non-hydrogen) atoms. The van der Waals surface area contributed by atoms with Gasteiger partial charge in [0, 0.05) is 40.3 Å². The van der Waals surface area contributed by atoms with Gasteiger partial charge < -0.3 is 10.1 Å². The Kier molecular flexibility index (Phi) is 4.93. The quantitative estimate of drug-likeness (QED) is 0.528. The second kappa shape index (κ2) is 7.71. The van der Waals surface area contributed by atoms with E-state index in [0.29, 0.717) is 16.8 Å². The Labute approximate surface area is 171 Å². The van der Waals surface area contributed by atoms with E-state index >= 15 is 0 Å². The third-order valence-electron chi connectivity index (χ3n) is 4.76. The average molecular weight is 400 g/mol. The van der Waals surface area contributed by atoms with Crippen LogP contribution >= 0.6 is 0 Å². The molecule has 3 aromatic rings. The van der Waals surface area contributed by atoms with Crippen molar-refractivity contribution in [3.63, 3.8) is 0 Å². The number of hydrogen-bond acceptors (Lipinski definition) is 6. The second-order valence-electron chi connectivity index (χ2n) is 6.74. The Bertz CT molecular complexity index is 1190. The summed E-state index contributed by atoms with van der Waals surface area (Å²) in [7, 11) is 0. The van der Waals surface area contributed by atoms with Gasteiger partial charge >= 0.3 is 5.97 Å². The van der Waals surface area contributed by atoms with E-state index in [-0.39, 0.29) is 28.3 Å². The molecule has 1 aliphatic carbocycles. The minimum absolute atomic E-state index is 0.220. The number of benzene rings is 2. The summed E-state index contributed by atoms with van der Waals surface area (Å²) in [4.78, 5) is 53.8. The van der Waals surface area contributed by atoms with E-state index < -0.39 is 18.0 Å². The Morgan fingerprint density at radius 1 is 0.867 bits per heavy atom. The van der Waals surface area contributed by atoms with Crippen molar-refractivity contribution in [3.05, 3.63) is 94.8 Å². The average Bonchev–Trinajstić information content (AvgIpc) is 2.78. The molecule has 7 heteroatoms. The highest BCUT2D eigenvalue weighted by molar-refractivity contribution is 6.28. The maximum Gasteiger partial charge on any atom is 0.339 e. The van der Waals surface area contributed by atoms with Crippen molar-refractivity contribution < 1.29 is 23.9 Å². The summed E-state index contributed by atoms with van der Waals surface area (Å²) in [6, 6.07) is 14.1. The van der Waals surface area contributed by atoms with Gasteiger partial charge in [0.25, 0.3) is 5.91 Å². The van der Waals surface area contributed by atoms with Crippen LogP contribution in [0.1, 0.15) is 49.1 Å². The highest BCUT2D eigenvalue weighted by atomic mass is 16.5. The number of carbonyl (C=O) groups excluding carboxylic acids is 4. The van der Waals surface area contributed by atoms with Crippen LogP contribution in [-0.2, 0) is 9.53 Å². The van der Waals surface area contributed by atoms with Crippen LogP contribution in [0.3, 0.4) is 0 Å². The zero-order chi connectivity index (χ0) is 21.3. The van der Waals surface area contributed by atoms with Crippen LogP contribution in [0.25, 0.3) is 0 Å². The van der Waals surface area contributed by atoms with Crippen molar-refractivity contribution in [2.75, 3.05) is 5.32 Å². The van der Waals surface area contributed by atoms with E-state index in [2.05, 4.69) is 10.3 Å². The van der Waals surface area contributed by atoms with Crippen LogP contribution in [-0.4, -0.2) is 34.5 Å². The highest BCUT2D eigenvalue weighted by Crippen LogP contribution is 2.29. The molecule has 4 rings (SSSR count). The van der Waals surface area contributed by atoms with Crippen LogP contribution in [0.4, 0.5) is 5.69 Å². The first-order valence-electron chi connectivity index (χ1n) is 9.20. The zero-order valence-corrected chi connectivity index (χ0v) is 15.9. The predicted octanol–water partition coefficient (Wildman–Crippen LogP) is 3.04. The first-order valence-corrected chi connectivity index (χ1v) is 9.20. The van der Waals surface area contributed by atoms with E-state index in [4.69, 9.17) is 4.74 Å². The summed E-state index contributed by atoms with van der Waals surface area (Å²) in [6.45, 7) is 1.44. The van der Waals surface area contributed by atoms with E-state index in [1.807, 2.05) is 0 Å². The van der Waals surface area contributed by atoms with E-state index in [0.717, 1.165) is 0 Å². The summed E-state index contributed by atoms with van der Waals surface area (Å²) in [6.07, 6.45) is 1.83. The molecule has 1 aromatic heterocycles. The molecule has 1 aliphatic rings. The van der Waals surface area contributed by atoms with E-state index in [1.54, 1.807) is 24.3 Å². The van der Waals surface area contributed by atoms with Crippen LogP contribution < -0.4 is 5.32 Å². The number of fused-ring (bicyclic) bond motifs is 2. The first-order chi connectivity index (χ1) is 14.5. The molecule has 0 aliphatic heterocycles. The molecular formula is C23H16N2O5. The molecule has 0 radical (unpaired) electrons. The molecule has 0 saturated heterocycles. The Morgan fingerprint density at radius 2 is 1.47 bits per heavy atom. The monoisotopic (exact) mass is 400 g/mol. The lowest BCUT2D eigenvalue weighted by Gasteiger charge is -2.19. The number of aromatic nitrogens is 1. The Hall–Kier alpha value is -4.13. The minimum Gasteiger partial charge on any atom is -0.449 e. The predicted molar refractivity (Wildman–Crippen MR) is 107 cm³/mol. The number of anilines is 1. The normalized spacial score (nSPS) is 13.1. The first kappa shape index (κ1) is 19.2. The third-order valence-corrected chi connectivity index (χ3v) is 4.76. The van der Waals surface area contributed by atoms with Gasteiger partial charge in [-0.25, -0.2) is 4.79 Å². The molecule has 1 heterocycles. The fraction of sp³-hybridized carbons (Fsp3) is 0.0870. The third kappa shape index (κ3) is 3.48. The van der Waals surface area contributed by atoms with Gasteiger partial charge in [-0.3, -0.25) is 19.4 Å². The maximum absolute atomic E-state index is 12.8. The SMILES string of the molecule is C[C@H](OC(=O)c1ccncc1)C(=O)Nc1ccc2c(c1)C(=O)c1ccccc1C2=O. The van der Waals surface area contributed by atoms with Crippen molar-refractivity contribution >= 4 is 29.1 Å². The summed E-state index contributed by atoms with van der Waals surface area (Å²) in [5.74, 6) is -1.73. The highest BCUT2D eigenvalue weighted by Gasteiger charge is 2.29. The number of pyridine rings is 1. The minimum atomic E-state index is -1.07. The molecule has 0 unspecified atom stereocenters. The van der Waals surface area contributed by atoms with E-state index in [9.17, 15) is 19.2 Å². The number of rotatable bonds is 4. The molecular weight excluding hydrogens is 384 g/mol. The fourth-order valence-corrected chi connectivity index (χ4v) is 3.19. The molecule has 1 N–H and O–H groups in total. The van der Waals surface area contributed by atoms with Crippen molar-refractivity contribution in [2.24, 2.45) is 0 Å². The summed E-state index contributed by atoms with van der Waals surface area (Å²) in [5, 5.41) is 2.62. The van der Waals surface area contributed by atoms with Gasteiger partial charge in [-0.2, -0.15) is 0 Å². The zero-order valence-electron chi connectivity index (χ0n) is 15.9. The van der Waals surface area contributed by atoms with Crippen LogP contribution in [0.2, 0.25) is 0 Å². The van der Waals surface area contributed by atoms with Gasteiger partial charge in [0.1, 0.15) is 0 Å². The van der Waals surface area contributed by atoms with Gasteiger partial charge in [0.05, 0.1) is 5.56 Å². The largest absolute Gasteiger partial charge is 0.449 e. The number of nitrogens with one attached hydrogen (secondary N) is 1. The lowest BCUT2D eigenvalue weighted by atomic mass is 9.84. The molecule has 0 bridgehead atoms. The number of nitrogens with zero attached hydrogens (tertiary/aromatic N) is 1. The van der Waals surface area contributed by atoms with Gasteiger partial charge in [-0.15, -0.1) is 0 Å². The summed E-state index contributed by atoms with van der Waals surface area (Å²) >= 11 is 0. The maximum atomic E-state index is 12.8. The fourth-order valence-electron chi connectivity index (χ4n) is 3.19. The molecule has 148 valence electrons. The summed E-state index contributed by atoms with van der Waals surface area (Å²) < 4.78 is 5.17. The number of esters is 1. The number of ketones is 2.